The molecule has 1 aromatic carbocycles. The number of fused-ring (bicyclic) bond motifs is 1. The zero-order valence-electron chi connectivity index (χ0n) is 9.27. The second-order valence-electron chi connectivity index (χ2n) is 4.19. The Hall–Kier alpha value is -1.94. The second kappa shape index (κ2) is 3.82. The standard InChI is InChI=1S/C13H12N2O2/c16-12-4-5-13(17)15(12)11-3-1-2-9-6-7-14-8-10(9)11/h1-5,14H,6-8H2. The lowest BCUT2D eigenvalue weighted by Gasteiger charge is -2.24. The van der Waals surface area contributed by atoms with Gasteiger partial charge >= 0.3 is 0 Å². The van der Waals surface area contributed by atoms with E-state index in [2.05, 4.69) is 11.4 Å². The first-order valence-electron chi connectivity index (χ1n) is 5.65. The molecule has 3 rings (SSSR count). The van der Waals surface area contributed by atoms with Crippen LogP contribution in [0.1, 0.15) is 11.1 Å². The van der Waals surface area contributed by atoms with E-state index in [0.717, 1.165) is 24.2 Å². The summed E-state index contributed by atoms with van der Waals surface area (Å²) in [5, 5.41) is 3.26. The van der Waals surface area contributed by atoms with Crippen molar-refractivity contribution in [3.63, 3.8) is 0 Å². The van der Waals surface area contributed by atoms with Crippen molar-refractivity contribution >= 4 is 17.5 Å². The highest BCUT2D eigenvalue weighted by molar-refractivity contribution is 6.28. The van der Waals surface area contributed by atoms with Gasteiger partial charge in [0.2, 0.25) is 0 Å². The highest BCUT2D eigenvalue weighted by Crippen LogP contribution is 2.28. The molecule has 0 bridgehead atoms. The Labute approximate surface area is 98.9 Å². The summed E-state index contributed by atoms with van der Waals surface area (Å²) >= 11 is 0. The van der Waals surface area contributed by atoms with Crippen molar-refractivity contribution in [1.82, 2.24) is 5.32 Å². The first-order valence-corrected chi connectivity index (χ1v) is 5.65. The Bertz CT molecular complexity index is 516. The van der Waals surface area contributed by atoms with E-state index in [-0.39, 0.29) is 11.8 Å². The summed E-state index contributed by atoms with van der Waals surface area (Å²) in [6.45, 7) is 1.65. The molecule has 2 aliphatic rings. The van der Waals surface area contributed by atoms with Gasteiger partial charge < -0.3 is 5.32 Å². The number of anilines is 1. The predicted molar refractivity (Wildman–Crippen MR) is 63.5 cm³/mol. The Balaban J connectivity index is 2.09. The molecule has 2 heterocycles. The van der Waals surface area contributed by atoms with Crippen molar-refractivity contribution in [2.75, 3.05) is 11.4 Å². The average molecular weight is 228 g/mol. The Morgan fingerprint density at radius 1 is 1.12 bits per heavy atom. The minimum atomic E-state index is -0.256. The van der Waals surface area contributed by atoms with Crippen LogP contribution in [0.4, 0.5) is 5.69 Å². The molecule has 1 N–H and O–H groups in total. The smallest absolute Gasteiger partial charge is 0.258 e. The summed E-state index contributed by atoms with van der Waals surface area (Å²) < 4.78 is 0. The maximum atomic E-state index is 11.7. The summed E-state index contributed by atoms with van der Waals surface area (Å²) in [7, 11) is 0. The maximum Gasteiger partial charge on any atom is 0.258 e. The van der Waals surface area contributed by atoms with Crippen LogP contribution in [0.15, 0.2) is 30.4 Å². The van der Waals surface area contributed by atoms with E-state index in [1.165, 1.54) is 22.6 Å². The highest BCUT2D eigenvalue weighted by atomic mass is 16.2. The highest BCUT2D eigenvalue weighted by Gasteiger charge is 2.28. The Morgan fingerprint density at radius 3 is 2.65 bits per heavy atom. The lowest BCUT2D eigenvalue weighted by atomic mass is 9.99. The number of rotatable bonds is 1. The van der Waals surface area contributed by atoms with Gasteiger partial charge in [-0.2, -0.15) is 0 Å². The third-order valence-corrected chi connectivity index (χ3v) is 3.17. The third-order valence-electron chi connectivity index (χ3n) is 3.17. The van der Waals surface area contributed by atoms with Crippen LogP contribution in [0, 0.1) is 0 Å². The van der Waals surface area contributed by atoms with Gasteiger partial charge in [0, 0.05) is 18.7 Å². The molecule has 0 fully saturated rings. The summed E-state index contributed by atoms with van der Waals surface area (Å²) in [5.41, 5.74) is 2.99. The van der Waals surface area contributed by atoms with Gasteiger partial charge in [-0.1, -0.05) is 12.1 Å². The fourth-order valence-electron chi connectivity index (χ4n) is 2.34. The van der Waals surface area contributed by atoms with Gasteiger partial charge in [-0.25, -0.2) is 4.90 Å². The zero-order chi connectivity index (χ0) is 11.8. The van der Waals surface area contributed by atoms with E-state index in [1.54, 1.807) is 0 Å². The van der Waals surface area contributed by atoms with Crippen molar-refractivity contribution in [1.29, 1.82) is 0 Å². The number of carbonyl (C=O) groups excluding carboxylic acids is 2. The molecule has 0 spiro atoms. The molecule has 86 valence electrons. The molecule has 2 amide bonds. The third kappa shape index (κ3) is 1.57. The average Bonchev–Trinajstić information content (AvgIpc) is 2.69. The van der Waals surface area contributed by atoms with E-state index in [9.17, 15) is 9.59 Å². The van der Waals surface area contributed by atoms with Gasteiger partial charge in [0.05, 0.1) is 5.69 Å². The van der Waals surface area contributed by atoms with E-state index in [4.69, 9.17) is 0 Å². The van der Waals surface area contributed by atoms with Crippen molar-refractivity contribution in [3.8, 4) is 0 Å². The van der Waals surface area contributed by atoms with E-state index in [1.807, 2.05) is 12.1 Å². The van der Waals surface area contributed by atoms with Crippen molar-refractivity contribution in [3.05, 3.63) is 41.5 Å². The normalized spacial score (nSPS) is 18.7. The fourth-order valence-corrected chi connectivity index (χ4v) is 2.34. The van der Waals surface area contributed by atoms with Crippen molar-refractivity contribution < 1.29 is 9.59 Å². The zero-order valence-corrected chi connectivity index (χ0v) is 9.27. The van der Waals surface area contributed by atoms with Crippen LogP contribution in [-0.2, 0) is 22.6 Å². The SMILES string of the molecule is O=C1C=CC(=O)N1c1cccc2c1CNCC2. The number of amides is 2. The molecule has 0 radical (unpaired) electrons. The topological polar surface area (TPSA) is 49.4 Å². The minimum absolute atomic E-state index is 0.256. The quantitative estimate of drug-likeness (QED) is 0.722. The number of hydrogen-bond acceptors (Lipinski definition) is 3. The van der Waals surface area contributed by atoms with Crippen LogP contribution in [0.25, 0.3) is 0 Å². The first kappa shape index (κ1) is 10.2. The summed E-state index contributed by atoms with van der Waals surface area (Å²) in [5.74, 6) is -0.511. The fraction of sp³-hybridized carbons (Fsp3) is 0.231. The number of nitrogens with one attached hydrogen (secondary N) is 1. The molecule has 0 atom stereocenters. The molecule has 17 heavy (non-hydrogen) atoms. The molecule has 0 saturated carbocycles. The van der Waals surface area contributed by atoms with Gasteiger partial charge in [-0.05, 0) is 30.2 Å². The molecule has 0 saturated heterocycles. The Kier molecular flexibility index (Phi) is 2.30. The molecule has 2 aliphatic heterocycles. The molecule has 1 aromatic rings. The van der Waals surface area contributed by atoms with Crippen LogP contribution >= 0.6 is 0 Å². The first-order chi connectivity index (χ1) is 8.27. The van der Waals surface area contributed by atoms with Crippen LogP contribution in [0.5, 0.6) is 0 Å². The van der Waals surface area contributed by atoms with E-state index >= 15 is 0 Å². The van der Waals surface area contributed by atoms with Crippen molar-refractivity contribution in [2.24, 2.45) is 0 Å². The molecular weight excluding hydrogens is 216 g/mol. The number of hydrogen-bond donors (Lipinski definition) is 1. The van der Waals surface area contributed by atoms with Gasteiger partial charge in [0.15, 0.2) is 0 Å². The second-order valence-corrected chi connectivity index (χ2v) is 4.19. The molecule has 0 unspecified atom stereocenters. The van der Waals surface area contributed by atoms with Crippen LogP contribution in [0.3, 0.4) is 0 Å². The number of carbonyl (C=O) groups is 2. The molecule has 0 aromatic heterocycles. The summed E-state index contributed by atoms with van der Waals surface area (Å²) in [6.07, 6.45) is 3.57. The molecule has 4 heteroatoms. The maximum absolute atomic E-state index is 11.7. The summed E-state index contributed by atoms with van der Waals surface area (Å²) in [4.78, 5) is 24.6. The van der Waals surface area contributed by atoms with Gasteiger partial charge in [-0.3, -0.25) is 9.59 Å². The van der Waals surface area contributed by atoms with Gasteiger partial charge in [0.1, 0.15) is 0 Å². The lowest BCUT2D eigenvalue weighted by molar-refractivity contribution is -0.119. The largest absolute Gasteiger partial charge is 0.312 e. The van der Waals surface area contributed by atoms with E-state index in [0.29, 0.717) is 6.54 Å². The monoisotopic (exact) mass is 228 g/mol. The van der Waals surface area contributed by atoms with Gasteiger partial charge in [0.25, 0.3) is 11.8 Å². The van der Waals surface area contributed by atoms with Gasteiger partial charge in [-0.15, -0.1) is 0 Å². The molecule has 4 nitrogen and oxygen atoms in total. The minimum Gasteiger partial charge on any atom is -0.312 e. The number of nitrogens with zero attached hydrogens (tertiary/aromatic N) is 1. The molecule has 0 aliphatic carbocycles. The number of imide groups is 1. The van der Waals surface area contributed by atoms with Crippen LogP contribution < -0.4 is 10.2 Å². The molecular formula is C13H12N2O2. The van der Waals surface area contributed by atoms with Crippen LogP contribution in [-0.4, -0.2) is 18.4 Å². The Morgan fingerprint density at radius 2 is 1.88 bits per heavy atom. The summed E-state index contributed by atoms with van der Waals surface area (Å²) in [6, 6.07) is 5.78. The van der Waals surface area contributed by atoms with E-state index < -0.39 is 0 Å². The number of benzene rings is 1. The predicted octanol–water partition coefficient (Wildman–Crippen LogP) is 0.762. The lowest BCUT2D eigenvalue weighted by Crippen LogP contribution is -2.33. The van der Waals surface area contributed by atoms with Crippen LogP contribution in [0.2, 0.25) is 0 Å². The van der Waals surface area contributed by atoms with Crippen molar-refractivity contribution in [2.45, 2.75) is 13.0 Å².